The molecule has 3 rings (SSSR count). The van der Waals surface area contributed by atoms with Gasteiger partial charge >= 0.3 is 0 Å². The second-order valence-corrected chi connectivity index (χ2v) is 7.48. The summed E-state index contributed by atoms with van der Waals surface area (Å²) < 4.78 is 5.63. The number of hydrogen-bond donors (Lipinski definition) is 1. The first kappa shape index (κ1) is 18.2. The van der Waals surface area contributed by atoms with Crippen LogP contribution in [-0.4, -0.2) is 35.0 Å². The van der Waals surface area contributed by atoms with Crippen molar-refractivity contribution in [2.75, 3.05) is 18.4 Å². The van der Waals surface area contributed by atoms with E-state index in [1.54, 1.807) is 31.2 Å². The number of halogens is 1. The summed E-state index contributed by atoms with van der Waals surface area (Å²) in [5.41, 5.74) is 1.01. The van der Waals surface area contributed by atoms with Crippen molar-refractivity contribution in [3.63, 3.8) is 0 Å². The molecule has 2 aromatic rings. The molecule has 0 spiro atoms. The van der Waals surface area contributed by atoms with Crippen LogP contribution in [0.5, 0.6) is 5.75 Å². The zero-order chi connectivity index (χ0) is 17.6. The number of likely N-dealkylation sites (tertiary alicyclic amines) is 1. The standard InChI is InChI=1S/C18H22ClN3O2S/c1-13(24-16-7-5-14(19)6-8-16)17(23)21-18-20-15(12-25-18)11-22-9-3-2-4-10-22/h5-8,12-13H,2-4,9-11H2,1H3,(H,20,21,23). The monoisotopic (exact) mass is 379 g/mol. The molecule has 1 N–H and O–H groups in total. The highest BCUT2D eigenvalue weighted by molar-refractivity contribution is 7.13. The molecule has 0 radical (unpaired) electrons. The van der Waals surface area contributed by atoms with Gasteiger partial charge in [0, 0.05) is 16.9 Å². The lowest BCUT2D eigenvalue weighted by molar-refractivity contribution is -0.122. The molecule has 1 amide bonds. The molecule has 25 heavy (non-hydrogen) atoms. The Kier molecular flexibility index (Phi) is 6.29. The normalized spacial score (nSPS) is 16.4. The summed E-state index contributed by atoms with van der Waals surface area (Å²) in [6.07, 6.45) is 3.22. The van der Waals surface area contributed by atoms with E-state index in [1.165, 1.54) is 30.6 Å². The van der Waals surface area contributed by atoms with Crippen LogP contribution in [0.3, 0.4) is 0 Å². The van der Waals surface area contributed by atoms with Crippen molar-refractivity contribution in [2.24, 2.45) is 0 Å². The summed E-state index contributed by atoms with van der Waals surface area (Å²) >= 11 is 7.29. The number of nitrogens with one attached hydrogen (secondary N) is 1. The molecule has 1 aliphatic rings. The predicted octanol–water partition coefficient (Wildman–Crippen LogP) is 4.19. The predicted molar refractivity (Wildman–Crippen MR) is 101 cm³/mol. The minimum absolute atomic E-state index is 0.214. The summed E-state index contributed by atoms with van der Waals surface area (Å²) in [5.74, 6) is 0.394. The minimum atomic E-state index is -0.615. The zero-order valence-corrected chi connectivity index (χ0v) is 15.8. The number of carbonyl (C=O) groups is 1. The molecule has 7 heteroatoms. The molecule has 1 aromatic heterocycles. The van der Waals surface area contributed by atoms with E-state index >= 15 is 0 Å². The quantitative estimate of drug-likeness (QED) is 0.817. The first-order valence-corrected chi connectivity index (χ1v) is 9.76. The van der Waals surface area contributed by atoms with E-state index in [2.05, 4.69) is 15.2 Å². The largest absolute Gasteiger partial charge is 0.481 e. The molecule has 0 aliphatic carbocycles. The fraction of sp³-hybridized carbons (Fsp3) is 0.444. The van der Waals surface area contributed by atoms with Gasteiger partial charge in [-0.2, -0.15) is 0 Å². The Labute approximate surface area is 157 Å². The number of nitrogens with zero attached hydrogens (tertiary/aromatic N) is 2. The first-order chi connectivity index (χ1) is 12.1. The smallest absolute Gasteiger partial charge is 0.266 e. The minimum Gasteiger partial charge on any atom is -0.481 e. The van der Waals surface area contributed by atoms with Gasteiger partial charge in [-0.05, 0) is 57.1 Å². The molecule has 1 fully saturated rings. The lowest BCUT2D eigenvalue weighted by Gasteiger charge is -2.25. The van der Waals surface area contributed by atoms with Gasteiger partial charge in [-0.25, -0.2) is 4.98 Å². The maximum absolute atomic E-state index is 12.3. The van der Waals surface area contributed by atoms with Gasteiger partial charge in [0.15, 0.2) is 11.2 Å². The number of rotatable bonds is 6. The van der Waals surface area contributed by atoms with E-state index in [0.717, 1.165) is 25.3 Å². The highest BCUT2D eigenvalue weighted by Crippen LogP contribution is 2.20. The van der Waals surface area contributed by atoms with Crippen molar-refractivity contribution in [1.82, 2.24) is 9.88 Å². The molecule has 1 saturated heterocycles. The summed E-state index contributed by atoms with van der Waals surface area (Å²) in [5, 5.41) is 6.09. The molecule has 1 atom stereocenters. The van der Waals surface area contributed by atoms with Gasteiger partial charge in [-0.1, -0.05) is 18.0 Å². The van der Waals surface area contributed by atoms with Crippen molar-refractivity contribution < 1.29 is 9.53 Å². The van der Waals surface area contributed by atoms with Gasteiger partial charge in [0.2, 0.25) is 0 Å². The van der Waals surface area contributed by atoms with Crippen LogP contribution in [0.15, 0.2) is 29.6 Å². The highest BCUT2D eigenvalue weighted by Gasteiger charge is 2.17. The summed E-state index contributed by atoms with van der Waals surface area (Å²) in [7, 11) is 0. The van der Waals surface area contributed by atoms with E-state index in [9.17, 15) is 4.79 Å². The topological polar surface area (TPSA) is 54.5 Å². The third-order valence-electron chi connectivity index (χ3n) is 4.11. The lowest BCUT2D eigenvalue weighted by atomic mass is 10.1. The Morgan fingerprint density at radius 2 is 2.04 bits per heavy atom. The van der Waals surface area contributed by atoms with Crippen LogP contribution in [0, 0.1) is 0 Å². The molecule has 1 aliphatic heterocycles. The van der Waals surface area contributed by atoms with E-state index in [1.807, 2.05) is 5.38 Å². The second kappa shape index (κ2) is 8.65. The zero-order valence-electron chi connectivity index (χ0n) is 14.2. The number of thiazole rings is 1. The van der Waals surface area contributed by atoms with Crippen LogP contribution in [0.25, 0.3) is 0 Å². The van der Waals surface area contributed by atoms with E-state index in [-0.39, 0.29) is 5.91 Å². The Morgan fingerprint density at radius 1 is 1.32 bits per heavy atom. The number of piperidine rings is 1. The molecule has 2 heterocycles. The number of ether oxygens (including phenoxy) is 1. The van der Waals surface area contributed by atoms with Crippen molar-refractivity contribution in [3.05, 3.63) is 40.4 Å². The summed E-state index contributed by atoms with van der Waals surface area (Å²) in [4.78, 5) is 19.2. The highest BCUT2D eigenvalue weighted by atomic mass is 35.5. The number of anilines is 1. The number of hydrogen-bond acceptors (Lipinski definition) is 5. The Morgan fingerprint density at radius 3 is 2.76 bits per heavy atom. The molecule has 0 saturated carbocycles. The van der Waals surface area contributed by atoms with Crippen LogP contribution in [0.4, 0.5) is 5.13 Å². The summed E-state index contributed by atoms with van der Waals surface area (Å²) in [6, 6.07) is 6.95. The number of aromatic nitrogens is 1. The molecular weight excluding hydrogens is 358 g/mol. The Bertz CT molecular complexity index is 699. The summed E-state index contributed by atoms with van der Waals surface area (Å²) in [6.45, 7) is 4.83. The number of amides is 1. The molecule has 1 unspecified atom stereocenters. The van der Waals surface area contributed by atoms with Crippen molar-refractivity contribution in [1.29, 1.82) is 0 Å². The second-order valence-electron chi connectivity index (χ2n) is 6.18. The van der Waals surface area contributed by atoms with E-state index in [0.29, 0.717) is 15.9 Å². The maximum atomic E-state index is 12.3. The van der Waals surface area contributed by atoms with Gasteiger partial charge in [-0.15, -0.1) is 11.3 Å². The SMILES string of the molecule is CC(Oc1ccc(Cl)cc1)C(=O)Nc1nc(CN2CCCCC2)cs1. The van der Waals surface area contributed by atoms with Gasteiger partial charge in [0.05, 0.1) is 5.69 Å². The third-order valence-corrected chi connectivity index (χ3v) is 5.17. The van der Waals surface area contributed by atoms with Gasteiger partial charge in [0.1, 0.15) is 5.75 Å². The Hall–Kier alpha value is -1.63. The van der Waals surface area contributed by atoms with Gasteiger partial charge in [-0.3, -0.25) is 15.0 Å². The fourth-order valence-corrected chi connectivity index (χ4v) is 3.59. The van der Waals surface area contributed by atoms with E-state index in [4.69, 9.17) is 16.3 Å². The first-order valence-electron chi connectivity index (χ1n) is 8.50. The average molecular weight is 380 g/mol. The van der Waals surface area contributed by atoms with Gasteiger partial charge < -0.3 is 4.74 Å². The van der Waals surface area contributed by atoms with Crippen molar-refractivity contribution in [2.45, 2.75) is 38.8 Å². The lowest BCUT2D eigenvalue weighted by Crippen LogP contribution is -2.30. The van der Waals surface area contributed by atoms with Crippen molar-refractivity contribution in [3.8, 4) is 5.75 Å². The third kappa shape index (κ3) is 5.42. The number of benzene rings is 1. The van der Waals surface area contributed by atoms with Gasteiger partial charge in [0.25, 0.3) is 5.91 Å². The maximum Gasteiger partial charge on any atom is 0.266 e. The van der Waals surface area contributed by atoms with Crippen LogP contribution >= 0.6 is 22.9 Å². The van der Waals surface area contributed by atoms with Crippen molar-refractivity contribution >= 4 is 34.0 Å². The number of carbonyl (C=O) groups excluding carboxylic acids is 1. The molecule has 5 nitrogen and oxygen atoms in total. The molecular formula is C18H22ClN3O2S. The Balaban J connectivity index is 1.51. The van der Waals surface area contributed by atoms with E-state index < -0.39 is 6.10 Å². The van der Waals surface area contributed by atoms with Crippen LogP contribution in [-0.2, 0) is 11.3 Å². The molecule has 1 aromatic carbocycles. The molecule has 0 bridgehead atoms. The van der Waals surface area contributed by atoms with Crippen LogP contribution in [0.2, 0.25) is 5.02 Å². The fourth-order valence-electron chi connectivity index (χ4n) is 2.76. The molecule has 134 valence electrons. The van der Waals surface area contributed by atoms with Crippen LogP contribution < -0.4 is 10.1 Å². The average Bonchev–Trinajstić information content (AvgIpc) is 3.04. The van der Waals surface area contributed by atoms with Crippen LogP contribution in [0.1, 0.15) is 31.9 Å².